The number of benzene rings is 1. The summed E-state index contributed by atoms with van der Waals surface area (Å²) in [6.07, 6.45) is 3.44. The number of para-hydroxylation sites is 2. The van der Waals surface area contributed by atoms with Gasteiger partial charge in [-0.25, -0.2) is 4.98 Å². The highest BCUT2D eigenvalue weighted by Gasteiger charge is 2.31. The molecule has 1 aliphatic heterocycles. The third kappa shape index (κ3) is 3.07. The molecule has 8 nitrogen and oxygen atoms in total. The number of furan rings is 1. The Hall–Kier alpha value is -3.83. The summed E-state index contributed by atoms with van der Waals surface area (Å²) in [5.41, 5.74) is 1.88. The van der Waals surface area contributed by atoms with Crippen molar-refractivity contribution in [2.45, 2.75) is 12.6 Å². The molecule has 0 spiro atoms. The minimum absolute atomic E-state index is 0.0401. The second-order valence-corrected chi connectivity index (χ2v) is 6.67. The summed E-state index contributed by atoms with van der Waals surface area (Å²) in [6.45, 7) is -0.127. The van der Waals surface area contributed by atoms with Crippen LogP contribution in [0.4, 0.5) is 11.4 Å². The van der Waals surface area contributed by atoms with E-state index in [1.807, 2.05) is 48.2 Å². The number of imidazole rings is 1. The van der Waals surface area contributed by atoms with E-state index in [9.17, 15) is 15.2 Å². The fourth-order valence-electron chi connectivity index (χ4n) is 3.57. The zero-order valence-electron chi connectivity index (χ0n) is 16.0. The van der Waals surface area contributed by atoms with Crippen LogP contribution < -0.4 is 9.80 Å². The Kier molecular flexibility index (Phi) is 4.66. The molecule has 0 saturated carbocycles. The van der Waals surface area contributed by atoms with Crippen molar-refractivity contribution in [3.05, 3.63) is 78.0 Å². The maximum absolute atomic E-state index is 13.0. The molecule has 2 aromatic heterocycles. The van der Waals surface area contributed by atoms with E-state index in [4.69, 9.17) is 4.42 Å². The number of fused-ring (bicyclic) bond motifs is 1. The molecule has 0 aliphatic carbocycles. The van der Waals surface area contributed by atoms with Crippen molar-refractivity contribution in [1.82, 2.24) is 9.55 Å². The van der Waals surface area contributed by atoms with Gasteiger partial charge in [-0.2, -0.15) is 5.26 Å². The van der Waals surface area contributed by atoms with Gasteiger partial charge in [0.15, 0.2) is 11.9 Å². The molecule has 1 atom stereocenters. The first-order valence-corrected chi connectivity index (χ1v) is 8.99. The lowest BCUT2D eigenvalue weighted by molar-refractivity contribution is -0.115. The van der Waals surface area contributed by atoms with Crippen LogP contribution in [-0.4, -0.2) is 34.5 Å². The molecule has 0 amide bonds. The van der Waals surface area contributed by atoms with Crippen molar-refractivity contribution in [3.8, 4) is 6.07 Å². The van der Waals surface area contributed by atoms with E-state index in [1.54, 1.807) is 18.3 Å². The summed E-state index contributed by atoms with van der Waals surface area (Å²) in [5, 5.41) is 20.2. The summed E-state index contributed by atoms with van der Waals surface area (Å²) in [7, 11) is 3.65. The van der Waals surface area contributed by atoms with Crippen molar-refractivity contribution in [2.24, 2.45) is 0 Å². The van der Waals surface area contributed by atoms with Crippen molar-refractivity contribution >= 4 is 17.2 Å². The predicted molar refractivity (Wildman–Crippen MR) is 106 cm³/mol. The van der Waals surface area contributed by atoms with Gasteiger partial charge in [0.1, 0.15) is 29.0 Å². The molecule has 1 aliphatic rings. The zero-order valence-corrected chi connectivity index (χ0v) is 16.0. The van der Waals surface area contributed by atoms with Crippen LogP contribution in [-0.2, 0) is 11.3 Å². The number of aliphatic hydroxyl groups excluding tert-OH is 1. The average Bonchev–Trinajstić information content (AvgIpc) is 3.46. The Balaban J connectivity index is 1.65. The highest BCUT2D eigenvalue weighted by molar-refractivity contribution is 6.02. The monoisotopic (exact) mass is 389 g/mol. The number of aromatic nitrogens is 2. The van der Waals surface area contributed by atoms with E-state index in [-0.39, 0.29) is 23.7 Å². The van der Waals surface area contributed by atoms with Crippen LogP contribution in [0, 0.1) is 11.3 Å². The third-order valence-corrected chi connectivity index (χ3v) is 4.97. The number of carbonyl (C=O) groups is 1. The summed E-state index contributed by atoms with van der Waals surface area (Å²) in [6, 6.07) is 13.1. The van der Waals surface area contributed by atoms with Gasteiger partial charge in [-0.3, -0.25) is 4.79 Å². The van der Waals surface area contributed by atoms with E-state index < -0.39 is 6.10 Å². The summed E-state index contributed by atoms with van der Waals surface area (Å²) in [5.74, 6) is 0.744. The fourth-order valence-corrected chi connectivity index (χ4v) is 3.57. The normalized spacial score (nSPS) is 13.9. The summed E-state index contributed by atoms with van der Waals surface area (Å²) < 4.78 is 6.75. The fraction of sp³-hybridized carbons (Fsp3) is 0.190. The van der Waals surface area contributed by atoms with Crippen LogP contribution in [0.15, 0.2) is 70.9 Å². The Morgan fingerprint density at radius 3 is 2.48 bits per heavy atom. The van der Waals surface area contributed by atoms with Gasteiger partial charge >= 0.3 is 0 Å². The average molecular weight is 389 g/mol. The molecule has 1 aromatic carbocycles. The molecular formula is C21H19N5O3. The first-order valence-electron chi connectivity index (χ1n) is 8.99. The van der Waals surface area contributed by atoms with Crippen molar-refractivity contribution in [3.63, 3.8) is 0 Å². The summed E-state index contributed by atoms with van der Waals surface area (Å²) in [4.78, 5) is 20.9. The lowest BCUT2D eigenvalue weighted by atomic mass is 10.1. The number of Topliss-reactive ketones (excluding diaryl/α,β-unsaturated/α-hetero) is 1. The van der Waals surface area contributed by atoms with Crippen LogP contribution in [0.25, 0.3) is 0 Å². The SMILES string of the molecule is CN1C(=C(C#N)C(=O)Cn2ccnc2[C@@H](O)c2ccco2)N(C)c2ccccc21. The molecule has 1 N–H and O–H groups in total. The second-order valence-electron chi connectivity index (χ2n) is 6.67. The predicted octanol–water partition coefficient (Wildman–Crippen LogP) is 2.45. The van der Waals surface area contributed by atoms with E-state index in [2.05, 4.69) is 11.1 Å². The molecule has 29 heavy (non-hydrogen) atoms. The minimum Gasteiger partial charge on any atom is -0.466 e. The molecular weight excluding hydrogens is 370 g/mol. The Morgan fingerprint density at radius 2 is 1.90 bits per heavy atom. The Labute approximate surface area is 167 Å². The van der Waals surface area contributed by atoms with Crippen molar-refractivity contribution in [1.29, 1.82) is 5.26 Å². The van der Waals surface area contributed by atoms with Gasteiger partial charge < -0.3 is 23.9 Å². The number of aliphatic hydroxyl groups is 1. The largest absolute Gasteiger partial charge is 0.466 e. The molecule has 146 valence electrons. The molecule has 0 radical (unpaired) electrons. The standard InChI is InChI=1S/C21H19N5O3/c1-24-15-6-3-4-7-16(15)25(2)21(24)14(12-22)17(27)13-26-10-9-23-20(26)19(28)18-8-5-11-29-18/h3-11,19,28H,13H2,1-2H3/t19-/m0/s1. The molecule has 0 saturated heterocycles. The first kappa shape index (κ1) is 18.5. The molecule has 0 bridgehead atoms. The highest BCUT2D eigenvalue weighted by atomic mass is 16.4. The maximum atomic E-state index is 13.0. The number of carbonyl (C=O) groups excluding carboxylic acids is 1. The topological polar surface area (TPSA) is 98.5 Å². The molecule has 0 fully saturated rings. The molecule has 3 heterocycles. The van der Waals surface area contributed by atoms with Gasteiger partial charge in [0, 0.05) is 26.5 Å². The number of allylic oxidation sites excluding steroid dienone is 1. The number of nitrogens with zero attached hydrogens (tertiary/aromatic N) is 5. The van der Waals surface area contributed by atoms with E-state index in [1.165, 1.54) is 17.0 Å². The van der Waals surface area contributed by atoms with Gasteiger partial charge in [0.25, 0.3) is 0 Å². The van der Waals surface area contributed by atoms with Crippen LogP contribution in [0.1, 0.15) is 17.7 Å². The second kappa shape index (κ2) is 7.30. The number of hydrogen-bond donors (Lipinski definition) is 1. The minimum atomic E-state index is -1.10. The number of ketones is 1. The maximum Gasteiger partial charge on any atom is 0.196 e. The van der Waals surface area contributed by atoms with Gasteiger partial charge in [-0.15, -0.1) is 0 Å². The van der Waals surface area contributed by atoms with Gasteiger partial charge in [0.2, 0.25) is 0 Å². The summed E-state index contributed by atoms with van der Waals surface area (Å²) >= 11 is 0. The highest BCUT2D eigenvalue weighted by Crippen LogP contribution is 2.40. The van der Waals surface area contributed by atoms with Gasteiger partial charge in [0.05, 0.1) is 24.2 Å². The molecule has 0 unspecified atom stereocenters. The first-order chi connectivity index (χ1) is 14.0. The number of rotatable bonds is 5. The molecule has 3 aromatic rings. The van der Waals surface area contributed by atoms with Crippen LogP contribution >= 0.6 is 0 Å². The van der Waals surface area contributed by atoms with Crippen molar-refractivity contribution < 1.29 is 14.3 Å². The Bertz CT molecular complexity index is 1090. The lowest BCUT2D eigenvalue weighted by Crippen LogP contribution is -2.27. The molecule has 4 rings (SSSR count). The number of hydrogen-bond acceptors (Lipinski definition) is 7. The van der Waals surface area contributed by atoms with Crippen LogP contribution in [0.3, 0.4) is 0 Å². The Morgan fingerprint density at radius 1 is 1.21 bits per heavy atom. The lowest BCUT2D eigenvalue weighted by Gasteiger charge is -2.20. The van der Waals surface area contributed by atoms with Crippen molar-refractivity contribution in [2.75, 3.05) is 23.9 Å². The zero-order chi connectivity index (χ0) is 20.5. The van der Waals surface area contributed by atoms with E-state index in [0.29, 0.717) is 11.6 Å². The van der Waals surface area contributed by atoms with E-state index in [0.717, 1.165) is 11.4 Å². The van der Waals surface area contributed by atoms with E-state index >= 15 is 0 Å². The quantitative estimate of drug-likeness (QED) is 0.529. The van der Waals surface area contributed by atoms with Crippen LogP contribution in [0.5, 0.6) is 0 Å². The smallest absolute Gasteiger partial charge is 0.196 e. The van der Waals surface area contributed by atoms with Crippen LogP contribution in [0.2, 0.25) is 0 Å². The third-order valence-electron chi connectivity index (χ3n) is 4.97. The van der Waals surface area contributed by atoms with Gasteiger partial charge in [-0.05, 0) is 24.3 Å². The molecule has 8 heteroatoms. The van der Waals surface area contributed by atoms with Gasteiger partial charge in [-0.1, -0.05) is 12.1 Å². The number of anilines is 2. The number of nitriles is 1.